The van der Waals surface area contributed by atoms with Crippen molar-refractivity contribution in [2.24, 2.45) is 28.1 Å². The number of ether oxygens (including phenoxy) is 4. The van der Waals surface area contributed by atoms with Crippen LogP contribution in [0.2, 0.25) is 18.1 Å². The molecule has 12 heteroatoms. The monoisotopic (exact) mass is 702 g/mol. The maximum atomic E-state index is 14.1. The number of rotatable bonds is 9. The van der Waals surface area contributed by atoms with E-state index in [2.05, 4.69) is 20.8 Å². The number of esters is 3. The first-order valence-electron chi connectivity index (χ1n) is 18.0. The molecule has 272 valence electrons. The van der Waals surface area contributed by atoms with Crippen molar-refractivity contribution in [3.63, 3.8) is 0 Å². The molecule has 4 unspecified atom stereocenters. The first kappa shape index (κ1) is 36.4. The lowest BCUT2D eigenvalue weighted by Crippen LogP contribution is -2.83. The molecule has 1 heterocycles. The zero-order valence-corrected chi connectivity index (χ0v) is 31.1. The second-order valence-electron chi connectivity index (χ2n) is 16.0. The van der Waals surface area contributed by atoms with Gasteiger partial charge in [0.2, 0.25) is 0 Å². The molecular formula is C37H54O11Si. The Bertz CT molecular complexity index is 1460. The third kappa shape index (κ3) is 4.87. The van der Waals surface area contributed by atoms with Crippen molar-refractivity contribution in [1.29, 1.82) is 0 Å². The number of hydrogen-bond donors (Lipinski definition) is 3. The van der Waals surface area contributed by atoms with Gasteiger partial charge < -0.3 is 38.7 Å². The van der Waals surface area contributed by atoms with E-state index >= 15 is 0 Å². The van der Waals surface area contributed by atoms with Crippen LogP contribution in [0.15, 0.2) is 30.3 Å². The Labute approximate surface area is 290 Å². The summed E-state index contributed by atoms with van der Waals surface area (Å²) in [5.41, 5.74) is -6.65. The molecule has 11 nitrogen and oxygen atoms in total. The number of aliphatic hydroxyl groups is 3. The van der Waals surface area contributed by atoms with E-state index in [4.69, 9.17) is 23.4 Å². The Hall–Kier alpha value is -2.35. The van der Waals surface area contributed by atoms with E-state index in [1.807, 2.05) is 20.8 Å². The van der Waals surface area contributed by atoms with Gasteiger partial charge in [-0.3, -0.25) is 9.59 Å². The molecular weight excluding hydrogens is 648 g/mol. The largest absolute Gasteiger partial charge is 0.459 e. The van der Waals surface area contributed by atoms with Crippen LogP contribution >= 0.6 is 0 Å². The summed E-state index contributed by atoms with van der Waals surface area (Å²) in [6.07, 6.45) is -6.10. The summed E-state index contributed by atoms with van der Waals surface area (Å²) in [5, 5.41) is 38.2. The van der Waals surface area contributed by atoms with Gasteiger partial charge in [0.25, 0.3) is 0 Å². The highest BCUT2D eigenvalue weighted by Gasteiger charge is 2.89. The Kier molecular flexibility index (Phi) is 9.01. The van der Waals surface area contributed by atoms with Gasteiger partial charge in [-0.2, -0.15) is 0 Å². The summed E-state index contributed by atoms with van der Waals surface area (Å²) in [6.45, 7) is 14.4. The van der Waals surface area contributed by atoms with Gasteiger partial charge in [0.1, 0.15) is 23.9 Å². The lowest BCUT2D eigenvalue weighted by molar-refractivity contribution is -0.370. The fraction of sp³-hybridized carbons (Fsp3) is 0.757. The van der Waals surface area contributed by atoms with Gasteiger partial charge in [-0.15, -0.1) is 0 Å². The van der Waals surface area contributed by atoms with Gasteiger partial charge >= 0.3 is 17.9 Å². The number of carbonyl (C=O) groups excluding carboxylic acids is 3. The van der Waals surface area contributed by atoms with Crippen molar-refractivity contribution in [1.82, 2.24) is 0 Å². The van der Waals surface area contributed by atoms with Crippen LogP contribution in [0.25, 0.3) is 0 Å². The molecule has 4 aliphatic carbocycles. The first-order chi connectivity index (χ1) is 23.0. The highest BCUT2D eigenvalue weighted by Crippen LogP contribution is 2.82. The highest BCUT2D eigenvalue weighted by atomic mass is 28.4. The quantitative estimate of drug-likeness (QED) is 0.193. The SMILES string of the molecule is CC[Si](CC)(CC)O[C@H]1C[C@H]2OCC2(OC(C)=O)[C@H]2[C@H](OC(=O)c3ccccc3)[C@]3(O)C[C@H](O)C(C)C4(CC43C)[C@@H](OC(C)=O)[C@H](O)[C@]12C. The molecule has 1 saturated heterocycles. The Morgan fingerprint density at radius 2 is 1.59 bits per heavy atom. The van der Waals surface area contributed by atoms with E-state index in [9.17, 15) is 29.7 Å². The predicted molar refractivity (Wildman–Crippen MR) is 180 cm³/mol. The van der Waals surface area contributed by atoms with Crippen LogP contribution in [0.5, 0.6) is 0 Å². The number of benzene rings is 1. The van der Waals surface area contributed by atoms with Gasteiger partial charge in [-0.25, -0.2) is 4.79 Å². The summed E-state index contributed by atoms with van der Waals surface area (Å²) < 4.78 is 32.4. The molecule has 1 aromatic carbocycles. The Balaban J connectivity index is 1.66. The molecule has 4 saturated carbocycles. The third-order valence-electron chi connectivity index (χ3n) is 14.2. The minimum Gasteiger partial charge on any atom is -0.459 e. The maximum Gasteiger partial charge on any atom is 0.338 e. The summed E-state index contributed by atoms with van der Waals surface area (Å²) in [4.78, 5) is 40.1. The van der Waals surface area contributed by atoms with Crippen LogP contribution in [-0.2, 0) is 33.0 Å². The lowest BCUT2D eigenvalue weighted by Gasteiger charge is -2.69. The van der Waals surface area contributed by atoms with Gasteiger partial charge in [-0.05, 0) is 42.6 Å². The molecule has 5 aliphatic rings. The summed E-state index contributed by atoms with van der Waals surface area (Å²) in [5.74, 6) is -3.49. The molecule has 1 aromatic rings. The van der Waals surface area contributed by atoms with Crippen molar-refractivity contribution >= 4 is 26.2 Å². The van der Waals surface area contributed by atoms with Crippen LogP contribution in [0.3, 0.4) is 0 Å². The van der Waals surface area contributed by atoms with E-state index in [1.54, 1.807) is 30.3 Å². The second-order valence-corrected chi connectivity index (χ2v) is 20.7. The standard InChI is InChI=1S/C37H54O11Si/c1-9-49(10-2,11-3)48-26-17-27-36(20-44-27,47-23(6)39)28-30(46-32(42)24-15-13-12-14-16-24)37(43)18-25(40)21(4)35(19-33(35,37)7)31(45-22(5)38)29(41)34(26,28)8/h12-16,21,25-31,40-41,43H,9-11,17-20H2,1-8H3/t21?,25-,26-,27+,28-,29-,30-,31-,33?,34+,35?,36?,37+/m0/s1. The highest BCUT2D eigenvalue weighted by molar-refractivity contribution is 6.73. The molecule has 2 bridgehead atoms. The zero-order valence-electron chi connectivity index (χ0n) is 30.1. The maximum absolute atomic E-state index is 14.1. The lowest BCUT2D eigenvalue weighted by atomic mass is 9.45. The smallest absolute Gasteiger partial charge is 0.338 e. The average Bonchev–Trinajstić information content (AvgIpc) is 3.72. The van der Waals surface area contributed by atoms with Crippen LogP contribution < -0.4 is 0 Å². The van der Waals surface area contributed by atoms with Gasteiger partial charge in [0.15, 0.2) is 13.9 Å². The number of aliphatic hydroxyl groups excluding tert-OH is 2. The van der Waals surface area contributed by atoms with E-state index in [0.717, 1.165) is 18.1 Å². The van der Waals surface area contributed by atoms with Crippen LogP contribution in [-0.4, -0.2) is 96.0 Å². The summed E-state index contributed by atoms with van der Waals surface area (Å²) in [7, 11) is -2.42. The average molecular weight is 703 g/mol. The van der Waals surface area contributed by atoms with Crippen molar-refractivity contribution in [3.8, 4) is 0 Å². The number of fused-ring (bicyclic) bond motifs is 3. The molecule has 1 aliphatic heterocycles. The topological polar surface area (TPSA) is 158 Å². The van der Waals surface area contributed by atoms with Crippen molar-refractivity contribution in [2.45, 2.75) is 141 Å². The second kappa shape index (κ2) is 12.1. The van der Waals surface area contributed by atoms with Gasteiger partial charge in [-0.1, -0.05) is 59.7 Å². The fourth-order valence-corrected chi connectivity index (χ4v) is 14.0. The normalized spacial score (nSPS) is 45.2. The molecule has 0 radical (unpaired) electrons. The molecule has 5 fully saturated rings. The summed E-state index contributed by atoms with van der Waals surface area (Å²) >= 11 is 0. The summed E-state index contributed by atoms with van der Waals surface area (Å²) in [6, 6.07) is 10.9. The van der Waals surface area contributed by atoms with Crippen LogP contribution in [0.4, 0.5) is 0 Å². The zero-order chi connectivity index (χ0) is 35.9. The molecule has 13 atom stereocenters. The van der Waals surface area contributed by atoms with E-state index < -0.39 is 102 Å². The van der Waals surface area contributed by atoms with Crippen LogP contribution in [0.1, 0.15) is 85.0 Å². The van der Waals surface area contributed by atoms with Gasteiger partial charge in [0.05, 0.1) is 36.4 Å². The Morgan fingerprint density at radius 1 is 0.959 bits per heavy atom. The van der Waals surface area contributed by atoms with Gasteiger partial charge in [0, 0.05) is 42.9 Å². The molecule has 0 spiro atoms. The van der Waals surface area contributed by atoms with E-state index in [0.29, 0.717) is 0 Å². The Morgan fingerprint density at radius 3 is 2.12 bits per heavy atom. The number of carbonyl (C=O) groups is 3. The molecule has 6 rings (SSSR count). The number of hydrogen-bond acceptors (Lipinski definition) is 11. The predicted octanol–water partition coefficient (Wildman–Crippen LogP) is 4.16. The molecule has 3 N–H and O–H groups in total. The van der Waals surface area contributed by atoms with Crippen molar-refractivity contribution in [3.05, 3.63) is 35.9 Å². The van der Waals surface area contributed by atoms with E-state index in [1.165, 1.54) is 13.8 Å². The van der Waals surface area contributed by atoms with E-state index in [-0.39, 0.29) is 31.4 Å². The molecule has 0 aromatic heterocycles. The minimum atomic E-state index is -2.42. The van der Waals surface area contributed by atoms with Crippen molar-refractivity contribution in [2.75, 3.05) is 6.61 Å². The minimum absolute atomic E-state index is 0.0661. The first-order valence-corrected chi connectivity index (χ1v) is 20.5. The molecule has 0 amide bonds. The van der Waals surface area contributed by atoms with Crippen LogP contribution in [0, 0.1) is 28.1 Å². The fourth-order valence-electron chi connectivity index (χ4n) is 11.0. The third-order valence-corrected chi connectivity index (χ3v) is 18.8. The van der Waals surface area contributed by atoms with Crippen molar-refractivity contribution < 1.29 is 53.1 Å². The molecule has 49 heavy (non-hydrogen) atoms.